The molecule has 2 N–H and O–H groups in total. The Labute approximate surface area is 133 Å². The van der Waals surface area contributed by atoms with E-state index in [4.69, 9.17) is 4.74 Å². The zero-order valence-corrected chi connectivity index (χ0v) is 12.7. The molecule has 22 heavy (non-hydrogen) atoms. The molecule has 0 unspecified atom stereocenters. The molecule has 7 heteroatoms. The second-order valence-corrected chi connectivity index (χ2v) is 5.31. The van der Waals surface area contributed by atoms with Gasteiger partial charge in [0.25, 0.3) is 5.88 Å². The first-order chi connectivity index (χ1) is 10.6. The van der Waals surface area contributed by atoms with Crippen molar-refractivity contribution in [3.8, 4) is 11.6 Å². The Bertz CT molecular complexity index is 854. The highest BCUT2D eigenvalue weighted by Crippen LogP contribution is 2.30. The second kappa shape index (κ2) is 5.98. The summed E-state index contributed by atoms with van der Waals surface area (Å²) in [6.07, 6.45) is -0.766. The van der Waals surface area contributed by atoms with Crippen molar-refractivity contribution in [1.29, 1.82) is 0 Å². The average molecular weight is 360 g/mol. The summed E-state index contributed by atoms with van der Waals surface area (Å²) in [5, 5.41) is 20.7. The minimum absolute atomic E-state index is 0.227. The van der Waals surface area contributed by atoms with E-state index in [1.165, 1.54) is 0 Å². The van der Waals surface area contributed by atoms with Crippen molar-refractivity contribution in [2.24, 2.45) is 0 Å². The van der Waals surface area contributed by atoms with Gasteiger partial charge in [0.15, 0.2) is 5.75 Å². The number of fused-ring (bicyclic) bond motifs is 1. The standard InChI is InChI=1S/C15H10BrN3O3/c16-9-4-3-5-10(8-9)17-15(21)22-14-13(20)11-6-1-2-7-12(11)18-19-14/h1-8H,(H,17,21)(H,18,20). The average Bonchev–Trinajstić information content (AvgIpc) is 2.50. The van der Waals surface area contributed by atoms with E-state index in [0.717, 1.165) is 4.47 Å². The fourth-order valence-corrected chi connectivity index (χ4v) is 2.29. The van der Waals surface area contributed by atoms with Crippen molar-refractivity contribution < 1.29 is 14.6 Å². The van der Waals surface area contributed by atoms with Gasteiger partial charge in [0.05, 0.1) is 5.52 Å². The number of nitrogens with zero attached hydrogens (tertiary/aromatic N) is 2. The van der Waals surface area contributed by atoms with Crippen LogP contribution in [0.25, 0.3) is 10.9 Å². The van der Waals surface area contributed by atoms with Crippen molar-refractivity contribution in [2.75, 3.05) is 5.32 Å². The molecule has 0 atom stereocenters. The van der Waals surface area contributed by atoms with Gasteiger partial charge in [0.1, 0.15) is 0 Å². The number of anilines is 1. The number of hydrogen-bond acceptors (Lipinski definition) is 5. The number of hydrogen-bond donors (Lipinski definition) is 2. The van der Waals surface area contributed by atoms with Gasteiger partial charge < -0.3 is 9.84 Å². The fourth-order valence-electron chi connectivity index (χ4n) is 1.89. The number of aromatic hydroxyl groups is 1. The number of ether oxygens (including phenoxy) is 1. The molecule has 3 rings (SSSR count). The SMILES string of the molecule is O=C(Nc1cccc(Br)c1)Oc1nnc2ccccc2c1O. The molecule has 0 aliphatic heterocycles. The lowest BCUT2D eigenvalue weighted by atomic mass is 10.2. The molecule has 1 heterocycles. The highest BCUT2D eigenvalue weighted by Gasteiger charge is 2.14. The highest BCUT2D eigenvalue weighted by atomic mass is 79.9. The summed E-state index contributed by atoms with van der Waals surface area (Å²) in [5.74, 6) is -0.471. The summed E-state index contributed by atoms with van der Waals surface area (Å²) < 4.78 is 5.83. The molecule has 0 radical (unpaired) electrons. The Morgan fingerprint density at radius 3 is 2.77 bits per heavy atom. The lowest BCUT2D eigenvalue weighted by Crippen LogP contribution is -2.17. The van der Waals surface area contributed by atoms with Crippen LogP contribution in [0.4, 0.5) is 10.5 Å². The van der Waals surface area contributed by atoms with Crippen LogP contribution in [-0.2, 0) is 0 Å². The van der Waals surface area contributed by atoms with Crippen molar-refractivity contribution in [1.82, 2.24) is 10.2 Å². The number of aromatic nitrogens is 2. The van der Waals surface area contributed by atoms with Gasteiger partial charge in [-0.05, 0) is 30.3 Å². The topological polar surface area (TPSA) is 84.3 Å². The van der Waals surface area contributed by atoms with Crippen LogP contribution < -0.4 is 10.1 Å². The smallest absolute Gasteiger partial charge is 0.418 e. The van der Waals surface area contributed by atoms with Gasteiger partial charge in [0.2, 0.25) is 0 Å². The zero-order chi connectivity index (χ0) is 15.5. The second-order valence-electron chi connectivity index (χ2n) is 4.40. The van der Waals surface area contributed by atoms with E-state index < -0.39 is 6.09 Å². The first-order valence-corrected chi connectivity index (χ1v) is 7.11. The molecule has 2 aromatic carbocycles. The van der Waals surface area contributed by atoms with E-state index in [-0.39, 0.29) is 11.6 Å². The van der Waals surface area contributed by atoms with Crippen molar-refractivity contribution in [3.05, 3.63) is 53.0 Å². The summed E-state index contributed by atoms with van der Waals surface area (Å²) in [4.78, 5) is 11.9. The fraction of sp³-hybridized carbons (Fsp3) is 0. The lowest BCUT2D eigenvalue weighted by Gasteiger charge is -2.08. The summed E-state index contributed by atoms with van der Waals surface area (Å²) in [7, 11) is 0. The Morgan fingerprint density at radius 1 is 1.14 bits per heavy atom. The van der Waals surface area contributed by atoms with Crippen LogP contribution in [-0.4, -0.2) is 21.4 Å². The minimum Gasteiger partial charge on any atom is -0.503 e. The minimum atomic E-state index is -0.766. The maximum Gasteiger partial charge on any atom is 0.418 e. The molecular weight excluding hydrogens is 350 g/mol. The molecule has 3 aromatic rings. The van der Waals surface area contributed by atoms with Crippen molar-refractivity contribution >= 4 is 38.6 Å². The number of carbonyl (C=O) groups excluding carboxylic acids is 1. The Balaban J connectivity index is 1.81. The molecular formula is C15H10BrN3O3. The van der Waals surface area contributed by atoms with Crippen molar-refractivity contribution in [2.45, 2.75) is 0 Å². The summed E-state index contributed by atoms with van der Waals surface area (Å²) >= 11 is 3.30. The molecule has 0 aliphatic carbocycles. The Morgan fingerprint density at radius 2 is 1.95 bits per heavy atom. The number of benzene rings is 2. The van der Waals surface area contributed by atoms with Crippen LogP contribution in [0.2, 0.25) is 0 Å². The Hall–Kier alpha value is -2.67. The molecule has 110 valence electrons. The molecule has 6 nitrogen and oxygen atoms in total. The van der Waals surface area contributed by atoms with Crippen LogP contribution in [0.5, 0.6) is 11.6 Å². The summed E-state index contributed by atoms with van der Waals surface area (Å²) in [6, 6.07) is 13.9. The van der Waals surface area contributed by atoms with E-state index in [1.54, 1.807) is 42.5 Å². The van der Waals surface area contributed by atoms with Gasteiger partial charge in [-0.1, -0.05) is 34.1 Å². The van der Waals surface area contributed by atoms with Gasteiger partial charge in [0, 0.05) is 15.5 Å². The molecule has 0 saturated carbocycles. The van der Waals surface area contributed by atoms with Crippen LogP contribution in [0, 0.1) is 0 Å². The van der Waals surface area contributed by atoms with Crippen LogP contribution >= 0.6 is 15.9 Å². The first-order valence-electron chi connectivity index (χ1n) is 6.32. The quantitative estimate of drug-likeness (QED) is 0.728. The van der Waals surface area contributed by atoms with Gasteiger partial charge in [-0.3, -0.25) is 5.32 Å². The van der Waals surface area contributed by atoms with E-state index in [0.29, 0.717) is 16.6 Å². The third-order valence-corrected chi connectivity index (χ3v) is 3.36. The number of carbonyl (C=O) groups is 1. The van der Waals surface area contributed by atoms with Gasteiger partial charge >= 0.3 is 6.09 Å². The molecule has 0 aliphatic rings. The van der Waals surface area contributed by atoms with E-state index in [2.05, 4.69) is 31.4 Å². The predicted molar refractivity (Wildman–Crippen MR) is 85.0 cm³/mol. The molecule has 1 aromatic heterocycles. The highest BCUT2D eigenvalue weighted by molar-refractivity contribution is 9.10. The van der Waals surface area contributed by atoms with Gasteiger partial charge in [-0.25, -0.2) is 4.79 Å². The zero-order valence-electron chi connectivity index (χ0n) is 11.2. The molecule has 0 saturated heterocycles. The normalized spacial score (nSPS) is 10.4. The third-order valence-electron chi connectivity index (χ3n) is 2.87. The van der Waals surface area contributed by atoms with E-state index in [1.807, 2.05) is 6.07 Å². The Kier molecular flexibility index (Phi) is 3.88. The van der Waals surface area contributed by atoms with Crippen LogP contribution in [0.15, 0.2) is 53.0 Å². The maximum atomic E-state index is 11.9. The first kappa shape index (κ1) is 14.3. The molecule has 0 fully saturated rings. The molecule has 1 amide bonds. The lowest BCUT2D eigenvalue weighted by molar-refractivity contribution is 0.210. The largest absolute Gasteiger partial charge is 0.503 e. The van der Waals surface area contributed by atoms with E-state index in [9.17, 15) is 9.90 Å². The maximum absolute atomic E-state index is 11.9. The van der Waals surface area contributed by atoms with Crippen LogP contribution in [0.3, 0.4) is 0 Å². The van der Waals surface area contributed by atoms with Gasteiger partial charge in [-0.15, -0.1) is 10.2 Å². The van der Waals surface area contributed by atoms with Crippen LogP contribution in [0.1, 0.15) is 0 Å². The number of nitrogens with one attached hydrogen (secondary N) is 1. The number of amides is 1. The van der Waals surface area contributed by atoms with E-state index >= 15 is 0 Å². The van der Waals surface area contributed by atoms with Crippen molar-refractivity contribution in [3.63, 3.8) is 0 Å². The summed E-state index contributed by atoms with van der Waals surface area (Å²) in [6.45, 7) is 0. The summed E-state index contributed by atoms with van der Waals surface area (Å²) in [5.41, 5.74) is 1.06. The monoisotopic (exact) mass is 359 g/mol. The molecule has 0 bridgehead atoms. The number of halogens is 1. The predicted octanol–water partition coefficient (Wildman–Crippen LogP) is 3.71. The molecule has 0 spiro atoms. The van der Waals surface area contributed by atoms with Gasteiger partial charge in [-0.2, -0.15) is 0 Å². The number of rotatable bonds is 2. The third kappa shape index (κ3) is 2.99.